The molecule has 0 radical (unpaired) electrons. The lowest BCUT2D eigenvalue weighted by molar-refractivity contribution is -0.548. The summed E-state index contributed by atoms with van der Waals surface area (Å²) in [5.74, 6) is 6.03. The summed E-state index contributed by atoms with van der Waals surface area (Å²) < 4.78 is 6.14. The molecule has 2 bridgehead atoms. The third kappa shape index (κ3) is 1.59. The SMILES string of the molecule is C[C@@H]1CC[C@H]2[C@@H](C)C(=O)N(N)[C@@H]3O[C@]4(C)CC[C@H]1[C@@]23OO4. The van der Waals surface area contributed by atoms with Crippen LogP contribution in [0.1, 0.15) is 46.5 Å². The minimum absolute atomic E-state index is 0.0521. The molecule has 1 amide bonds. The minimum atomic E-state index is -0.810. The molecule has 2 N–H and O–H groups in total. The van der Waals surface area contributed by atoms with Crippen LogP contribution in [0, 0.1) is 23.7 Å². The highest BCUT2D eigenvalue weighted by Gasteiger charge is 2.70. The average Bonchev–Trinajstić information content (AvgIpc) is 2.69. The van der Waals surface area contributed by atoms with Crippen molar-refractivity contribution in [2.24, 2.45) is 29.5 Å². The van der Waals surface area contributed by atoms with E-state index in [4.69, 9.17) is 20.4 Å². The first-order chi connectivity index (χ1) is 9.89. The van der Waals surface area contributed by atoms with Crippen molar-refractivity contribution >= 4 is 5.91 Å². The number of fused-ring (bicyclic) bond motifs is 2. The van der Waals surface area contributed by atoms with E-state index >= 15 is 0 Å². The van der Waals surface area contributed by atoms with Gasteiger partial charge >= 0.3 is 0 Å². The Morgan fingerprint density at radius 3 is 2.71 bits per heavy atom. The van der Waals surface area contributed by atoms with E-state index in [1.807, 2.05) is 13.8 Å². The Labute approximate surface area is 124 Å². The maximum Gasteiger partial charge on any atom is 0.242 e. The fraction of sp³-hybridized carbons (Fsp3) is 0.933. The lowest BCUT2D eigenvalue weighted by Gasteiger charge is -2.60. The molecule has 1 saturated carbocycles. The molecule has 0 aromatic carbocycles. The van der Waals surface area contributed by atoms with Crippen LogP contribution in [-0.4, -0.2) is 28.5 Å². The van der Waals surface area contributed by atoms with Crippen molar-refractivity contribution in [3.63, 3.8) is 0 Å². The zero-order valence-electron chi connectivity index (χ0n) is 12.9. The molecule has 7 atom stereocenters. The molecule has 5 rings (SSSR count). The van der Waals surface area contributed by atoms with Crippen LogP contribution in [0.25, 0.3) is 0 Å². The molecule has 0 aromatic rings. The third-order valence-electron chi connectivity index (χ3n) is 6.30. The summed E-state index contributed by atoms with van der Waals surface area (Å²) in [6.45, 7) is 6.08. The fourth-order valence-corrected chi connectivity index (χ4v) is 5.09. The summed E-state index contributed by atoms with van der Waals surface area (Å²) in [5, 5.41) is 1.26. The monoisotopic (exact) mass is 296 g/mol. The molecular formula is C15H24N2O4. The van der Waals surface area contributed by atoms with Gasteiger partial charge < -0.3 is 4.74 Å². The Bertz CT molecular complexity index is 486. The van der Waals surface area contributed by atoms with E-state index < -0.39 is 17.6 Å². The summed E-state index contributed by atoms with van der Waals surface area (Å²) in [6.07, 6.45) is 3.29. The first-order valence-electron chi connectivity index (χ1n) is 8.01. The van der Waals surface area contributed by atoms with Gasteiger partial charge in [-0.05, 0) is 38.0 Å². The number of nitrogens with two attached hydrogens (primary N) is 1. The van der Waals surface area contributed by atoms with Crippen LogP contribution in [0.2, 0.25) is 0 Å². The highest BCUT2D eigenvalue weighted by Crippen LogP contribution is 2.59. The molecule has 4 heterocycles. The maximum absolute atomic E-state index is 12.5. The molecular weight excluding hydrogens is 272 g/mol. The van der Waals surface area contributed by atoms with Gasteiger partial charge in [-0.15, -0.1) is 0 Å². The molecule has 5 aliphatic rings. The summed E-state index contributed by atoms with van der Waals surface area (Å²) >= 11 is 0. The van der Waals surface area contributed by atoms with Crippen LogP contribution in [0.4, 0.5) is 0 Å². The fourth-order valence-electron chi connectivity index (χ4n) is 5.09. The number of nitrogens with zero attached hydrogens (tertiary/aromatic N) is 1. The standard InChI is InChI=1S/C15H24N2O4/c1-8-4-5-11-9(2)12(18)17(16)13-15(11)10(8)6-7-14(3,19-13)20-21-15/h8-11,13H,4-7,16H2,1-3H3/t8-,9-,10-,11+,13-,14+,15-/m1/s1. The molecule has 4 aliphatic heterocycles. The Morgan fingerprint density at radius 2 is 1.95 bits per heavy atom. The Kier molecular flexibility index (Phi) is 2.78. The first-order valence-corrected chi connectivity index (χ1v) is 8.01. The summed E-state index contributed by atoms with van der Waals surface area (Å²) in [4.78, 5) is 24.2. The number of piperidine rings is 1. The van der Waals surface area contributed by atoms with Gasteiger partial charge in [0.1, 0.15) is 0 Å². The van der Waals surface area contributed by atoms with Crippen LogP contribution in [0.5, 0.6) is 0 Å². The van der Waals surface area contributed by atoms with Crippen molar-refractivity contribution in [2.75, 3.05) is 0 Å². The van der Waals surface area contributed by atoms with Crippen LogP contribution in [0.15, 0.2) is 0 Å². The van der Waals surface area contributed by atoms with E-state index in [-0.39, 0.29) is 17.7 Å². The first kappa shape index (κ1) is 13.9. The second-order valence-electron chi connectivity index (χ2n) is 7.46. The van der Waals surface area contributed by atoms with Gasteiger partial charge in [0.15, 0.2) is 11.8 Å². The Balaban J connectivity index is 1.87. The van der Waals surface area contributed by atoms with Crippen molar-refractivity contribution in [1.82, 2.24) is 5.01 Å². The predicted octanol–water partition coefficient (Wildman–Crippen LogP) is 1.55. The number of ether oxygens (including phenoxy) is 1. The molecule has 1 aliphatic carbocycles. The van der Waals surface area contributed by atoms with Crippen molar-refractivity contribution in [3.05, 3.63) is 0 Å². The molecule has 118 valence electrons. The lowest BCUT2D eigenvalue weighted by Crippen LogP contribution is -2.76. The van der Waals surface area contributed by atoms with Crippen LogP contribution < -0.4 is 5.84 Å². The van der Waals surface area contributed by atoms with E-state index in [0.29, 0.717) is 11.8 Å². The van der Waals surface area contributed by atoms with Crippen LogP contribution in [0.3, 0.4) is 0 Å². The number of carbonyl (C=O) groups excluding carboxylic acids is 1. The van der Waals surface area contributed by atoms with Crippen molar-refractivity contribution in [1.29, 1.82) is 0 Å². The Morgan fingerprint density at radius 1 is 1.19 bits per heavy atom. The van der Waals surface area contributed by atoms with E-state index in [2.05, 4.69) is 6.92 Å². The van der Waals surface area contributed by atoms with Gasteiger partial charge in [-0.25, -0.2) is 20.6 Å². The van der Waals surface area contributed by atoms with Crippen LogP contribution in [-0.2, 0) is 19.3 Å². The number of amides is 1. The van der Waals surface area contributed by atoms with E-state index in [1.54, 1.807) is 0 Å². The van der Waals surface area contributed by atoms with E-state index in [0.717, 1.165) is 25.7 Å². The quantitative estimate of drug-likeness (QED) is 0.417. The topological polar surface area (TPSA) is 74.0 Å². The molecule has 5 fully saturated rings. The Hall–Kier alpha value is -0.690. The number of carbonyl (C=O) groups is 1. The lowest BCUT2D eigenvalue weighted by atomic mass is 9.57. The number of rotatable bonds is 0. The largest absolute Gasteiger partial charge is 0.319 e. The summed E-state index contributed by atoms with van der Waals surface area (Å²) in [5.41, 5.74) is -0.615. The molecule has 6 heteroatoms. The molecule has 4 saturated heterocycles. The summed E-state index contributed by atoms with van der Waals surface area (Å²) in [7, 11) is 0. The third-order valence-corrected chi connectivity index (χ3v) is 6.30. The molecule has 6 nitrogen and oxygen atoms in total. The van der Waals surface area contributed by atoms with Crippen molar-refractivity contribution < 1.29 is 19.3 Å². The van der Waals surface area contributed by atoms with Crippen LogP contribution >= 0.6 is 0 Å². The van der Waals surface area contributed by atoms with E-state index in [1.165, 1.54) is 5.01 Å². The van der Waals surface area contributed by atoms with Gasteiger partial charge in [-0.3, -0.25) is 4.79 Å². The van der Waals surface area contributed by atoms with Crippen molar-refractivity contribution in [3.8, 4) is 0 Å². The molecule has 1 spiro atoms. The number of hydrogen-bond acceptors (Lipinski definition) is 5. The number of hydrazine groups is 1. The smallest absolute Gasteiger partial charge is 0.242 e. The second kappa shape index (κ2) is 4.19. The number of hydrogen-bond donors (Lipinski definition) is 1. The highest BCUT2D eigenvalue weighted by atomic mass is 17.3. The van der Waals surface area contributed by atoms with Gasteiger partial charge in [0.05, 0.1) is 0 Å². The zero-order valence-corrected chi connectivity index (χ0v) is 12.9. The van der Waals surface area contributed by atoms with Gasteiger partial charge in [-0.2, -0.15) is 0 Å². The van der Waals surface area contributed by atoms with Crippen molar-refractivity contribution in [2.45, 2.75) is 64.1 Å². The maximum atomic E-state index is 12.5. The van der Waals surface area contributed by atoms with Gasteiger partial charge in [0, 0.05) is 18.3 Å². The molecule has 21 heavy (non-hydrogen) atoms. The average molecular weight is 296 g/mol. The van der Waals surface area contributed by atoms with Gasteiger partial charge in [-0.1, -0.05) is 13.8 Å². The van der Waals surface area contributed by atoms with Gasteiger partial charge in [0.2, 0.25) is 11.7 Å². The summed E-state index contributed by atoms with van der Waals surface area (Å²) in [6, 6.07) is 0. The highest BCUT2D eigenvalue weighted by molar-refractivity contribution is 5.80. The molecule has 0 aromatic heterocycles. The normalized spacial score (nSPS) is 56.1. The predicted molar refractivity (Wildman–Crippen MR) is 73.0 cm³/mol. The molecule has 0 unspecified atom stereocenters. The minimum Gasteiger partial charge on any atom is -0.319 e. The van der Waals surface area contributed by atoms with Gasteiger partial charge in [0.25, 0.3) is 0 Å². The second-order valence-corrected chi connectivity index (χ2v) is 7.46. The van der Waals surface area contributed by atoms with E-state index in [9.17, 15) is 4.79 Å². The zero-order chi connectivity index (χ0) is 15.0.